The third-order valence-corrected chi connectivity index (χ3v) is 6.57. The number of hydrogen-bond acceptors (Lipinski definition) is 10. The van der Waals surface area contributed by atoms with Crippen molar-refractivity contribution in [1.29, 1.82) is 0 Å². The number of carbonyl (C=O) groups excluding carboxylic acids is 1. The van der Waals surface area contributed by atoms with Gasteiger partial charge in [0.05, 0.1) is 29.9 Å². The van der Waals surface area contributed by atoms with Crippen LogP contribution in [-0.2, 0) is 11.3 Å². The van der Waals surface area contributed by atoms with Crippen molar-refractivity contribution >= 4 is 29.0 Å². The molecule has 39 heavy (non-hydrogen) atoms. The lowest BCUT2D eigenvalue weighted by atomic mass is 9.95. The maximum atomic E-state index is 11.7. The Morgan fingerprint density at radius 2 is 1.87 bits per heavy atom. The first-order valence-electron chi connectivity index (χ1n) is 12.9. The summed E-state index contributed by atoms with van der Waals surface area (Å²) in [6.07, 6.45) is 9.33. The lowest BCUT2D eigenvalue weighted by Gasteiger charge is -2.20. The normalized spacial score (nSPS) is 14.9. The average Bonchev–Trinajstić information content (AvgIpc) is 3.56. The van der Waals surface area contributed by atoms with Crippen molar-refractivity contribution in [3.05, 3.63) is 48.1 Å². The van der Waals surface area contributed by atoms with E-state index in [1.807, 2.05) is 43.8 Å². The molecule has 1 atom stereocenters. The lowest BCUT2D eigenvalue weighted by molar-refractivity contribution is -0.120. The molecule has 1 fully saturated rings. The highest BCUT2D eigenvalue weighted by Crippen LogP contribution is 2.34. The minimum absolute atomic E-state index is 0.0537. The van der Waals surface area contributed by atoms with Gasteiger partial charge in [0.1, 0.15) is 29.7 Å². The van der Waals surface area contributed by atoms with E-state index in [-0.39, 0.29) is 18.2 Å². The van der Waals surface area contributed by atoms with Crippen molar-refractivity contribution in [2.24, 2.45) is 0 Å². The first kappa shape index (κ1) is 26.5. The van der Waals surface area contributed by atoms with Crippen molar-refractivity contribution < 1.29 is 14.3 Å². The molecule has 1 aliphatic rings. The molecular weight excluding hydrogens is 522 g/mol. The molecule has 0 bridgehead atoms. The van der Waals surface area contributed by atoms with Gasteiger partial charge in [-0.15, -0.1) is 10.2 Å². The first-order valence-corrected chi connectivity index (χ1v) is 13.3. The number of hydrogen-bond donors (Lipinski definition) is 1. The van der Waals surface area contributed by atoms with Crippen LogP contribution in [0.2, 0.25) is 5.02 Å². The molecule has 1 aromatic carbocycles. The summed E-state index contributed by atoms with van der Waals surface area (Å²) in [7, 11) is 0. The molecule has 0 spiro atoms. The number of Topliss-reactive ketones (excluding diaryl/α,β-unsaturated/α-hetero) is 1. The maximum Gasteiger partial charge on any atom is 0.257 e. The summed E-state index contributed by atoms with van der Waals surface area (Å²) in [5.74, 6) is 1.74. The summed E-state index contributed by atoms with van der Waals surface area (Å²) in [5, 5.41) is 19.5. The smallest absolute Gasteiger partial charge is 0.257 e. The molecule has 1 N–H and O–H groups in total. The maximum absolute atomic E-state index is 11.7. The van der Waals surface area contributed by atoms with Crippen molar-refractivity contribution in [3.8, 4) is 22.8 Å². The number of anilines is 2. The second-order valence-electron chi connectivity index (χ2n) is 9.79. The Hall–Kier alpha value is -4.06. The number of aromatic nitrogens is 8. The topological polar surface area (TPSA) is 135 Å². The van der Waals surface area contributed by atoms with Gasteiger partial charge in [0.2, 0.25) is 5.95 Å². The Kier molecular flexibility index (Phi) is 8.01. The van der Waals surface area contributed by atoms with E-state index in [9.17, 15) is 4.79 Å². The molecule has 0 aliphatic heterocycles. The zero-order valence-electron chi connectivity index (χ0n) is 22.0. The number of nitrogens with one attached hydrogen (secondary N) is 1. The lowest BCUT2D eigenvalue weighted by Crippen LogP contribution is -2.20. The van der Waals surface area contributed by atoms with Gasteiger partial charge in [-0.3, -0.25) is 9.48 Å². The molecule has 0 unspecified atom stereocenters. The van der Waals surface area contributed by atoms with Crippen LogP contribution in [0.3, 0.4) is 0 Å². The molecular formula is C26H30ClN9O3. The molecule has 3 aromatic heterocycles. The summed E-state index contributed by atoms with van der Waals surface area (Å²) < 4.78 is 15.5. The molecule has 1 aliphatic carbocycles. The van der Waals surface area contributed by atoms with Crippen LogP contribution in [0.25, 0.3) is 11.1 Å². The summed E-state index contributed by atoms with van der Waals surface area (Å²) in [5.41, 5.74) is 2.34. The van der Waals surface area contributed by atoms with E-state index in [1.165, 1.54) is 6.33 Å². The van der Waals surface area contributed by atoms with Gasteiger partial charge in [-0.2, -0.15) is 0 Å². The molecule has 13 heteroatoms. The van der Waals surface area contributed by atoms with Crippen LogP contribution in [0.15, 0.2) is 43.1 Å². The fourth-order valence-corrected chi connectivity index (χ4v) is 4.53. The summed E-state index contributed by atoms with van der Waals surface area (Å²) in [4.78, 5) is 20.7. The second-order valence-corrected chi connectivity index (χ2v) is 10.2. The fraction of sp³-hybridized carbons (Fsp3) is 0.423. The van der Waals surface area contributed by atoms with Gasteiger partial charge in [0, 0.05) is 30.8 Å². The predicted molar refractivity (Wildman–Crippen MR) is 144 cm³/mol. The van der Waals surface area contributed by atoms with E-state index >= 15 is 0 Å². The summed E-state index contributed by atoms with van der Waals surface area (Å²) >= 11 is 6.39. The van der Waals surface area contributed by atoms with Gasteiger partial charge in [0.15, 0.2) is 0 Å². The molecule has 5 rings (SSSR count). The van der Waals surface area contributed by atoms with Crippen LogP contribution in [0, 0.1) is 0 Å². The number of tetrazole rings is 1. The molecule has 12 nitrogen and oxygen atoms in total. The Morgan fingerprint density at radius 1 is 1.10 bits per heavy atom. The number of benzene rings is 1. The van der Waals surface area contributed by atoms with Crippen molar-refractivity contribution in [1.82, 2.24) is 40.0 Å². The van der Waals surface area contributed by atoms with E-state index in [0.29, 0.717) is 53.5 Å². The Labute approximate surface area is 230 Å². The Balaban J connectivity index is 1.30. The third-order valence-electron chi connectivity index (χ3n) is 6.26. The van der Waals surface area contributed by atoms with E-state index in [4.69, 9.17) is 21.1 Å². The van der Waals surface area contributed by atoms with Crippen LogP contribution in [0.4, 0.5) is 11.6 Å². The largest absolute Gasteiger partial charge is 0.487 e. The first-order chi connectivity index (χ1) is 18.8. The minimum Gasteiger partial charge on any atom is -0.487 e. The zero-order valence-corrected chi connectivity index (χ0v) is 22.7. The Morgan fingerprint density at radius 3 is 2.56 bits per heavy atom. The van der Waals surface area contributed by atoms with Crippen LogP contribution >= 0.6 is 11.6 Å². The fourth-order valence-electron chi connectivity index (χ4n) is 4.36. The molecule has 204 valence electrons. The van der Waals surface area contributed by atoms with E-state index in [2.05, 4.69) is 35.9 Å². The van der Waals surface area contributed by atoms with Crippen molar-refractivity contribution in [2.75, 3.05) is 5.32 Å². The van der Waals surface area contributed by atoms with Gasteiger partial charge >= 0.3 is 0 Å². The standard InChI is InChI=1S/C26H30ClN9O3/c1-16(2)38-25-23(14-36(32-25)20-5-7-21(37)8-6-20)31-26-28-11-19(12-29-26)18-4-9-22(27)24(10-18)39-17(3)13-35-15-30-33-34-35/h4,9-12,14-17,20H,5-8,13H2,1-3H3,(H,28,29,31)/t17-/m0/s1. The minimum atomic E-state index is -0.207. The molecule has 4 aromatic rings. The molecule has 1 saturated carbocycles. The average molecular weight is 552 g/mol. The van der Waals surface area contributed by atoms with E-state index < -0.39 is 0 Å². The van der Waals surface area contributed by atoms with Gasteiger partial charge in [0.25, 0.3) is 5.88 Å². The second kappa shape index (κ2) is 11.8. The highest BCUT2D eigenvalue weighted by atomic mass is 35.5. The predicted octanol–water partition coefficient (Wildman–Crippen LogP) is 4.66. The number of ether oxygens (including phenoxy) is 2. The van der Waals surface area contributed by atoms with Crippen LogP contribution in [0.5, 0.6) is 11.6 Å². The number of rotatable bonds is 10. The van der Waals surface area contributed by atoms with Gasteiger partial charge in [-0.25, -0.2) is 14.6 Å². The third kappa shape index (κ3) is 6.69. The number of ketones is 1. The molecule has 0 saturated heterocycles. The van der Waals surface area contributed by atoms with Crippen LogP contribution in [-0.4, -0.2) is 57.9 Å². The Bertz CT molecular complexity index is 1400. The number of halogens is 1. The van der Waals surface area contributed by atoms with Crippen molar-refractivity contribution in [2.45, 2.75) is 71.2 Å². The highest BCUT2D eigenvalue weighted by molar-refractivity contribution is 6.32. The quantitative estimate of drug-likeness (QED) is 0.296. The molecule has 0 amide bonds. The van der Waals surface area contributed by atoms with Gasteiger partial charge in [-0.05, 0) is 61.7 Å². The summed E-state index contributed by atoms with van der Waals surface area (Å²) in [6, 6.07) is 5.69. The van der Waals surface area contributed by atoms with Gasteiger partial charge in [-0.1, -0.05) is 17.7 Å². The van der Waals surface area contributed by atoms with E-state index in [0.717, 1.165) is 24.0 Å². The molecule has 3 heterocycles. The summed E-state index contributed by atoms with van der Waals surface area (Å²) in [6.45, 7) is 6.30. The SMILES string of the molecule is CC(C)Oc1nn(C2CCC(=O)CC2)cc1Nc1ncc(-c2ccc(Cl)c(O[C@@H](C)Cn3cnnn3)c2)cn1. The van der Waals surface area contributed by atoms with E-state index in [1.54, 1.807) is 23.1 Å². The monoisotopic (exact) mass is 551 g/mol. The molecule has 0 radical (unpaired) electrons. The highest BCUT2D eigenvalue weighted by Gasteiger charge is 2.23. The number of nitrogens with zero attached hydrogens (tertiary/aromatic N) is 8. The van der Waals surface area contributed by atoms with Crippen molar-refractivity contribution in [3.63, 3.8) is 0 Å². The van der Waals surface area contributed by atoms with Crippen LogP contribution < -0.4 is 14.8 Å². The van der Waals surface area contributed by atoms with Gasteiger partial charge < -0.3 is 14.8 Å². The number of carbonyl (C=O) groups is 1. The van der Waals surface area contributed by atoms with Crippen LogP contribution in [0.1, 0.15) is 52.5 Å². The zero-order chi connectivity index (χ0) is 27.4.